The molecule has 0 atom stereocenters. The summed E-state index contributed by atoms with van der Waals surface area (Å²) >= 11 is 7.02. The maximum absolute atomic E-state index is 13.2. The fraction of sp³-hybridized carbons (Fsp3) is 0.0769. The normalized spacial score (nSPS) is 10.5. The van der Waals surface area contributed by atoms with Crippen LogP contribution in [0.3, 0.4) is 0 Å². The van der Waals surface area contributed by atoms with Gasteiger partial charge < -0.3 is 0 Å². The van der Waals surface area contributed by atoms with Gasteiger partial charge in [0.25, 0.3) is 0 Å². The Hall–Kier alpha value is -1.06. The molecule has 0 N–H and O–H groups in total. The average Bonchev–Trinajstić information content (AvgIpc) is 2.31. The van der Waals surface area contributed by atoms with Gasteiger partial charge in [0.1, 0.15) is 11.6 Å². The van der Waals surface area contributed by atoms with Gasteiger partial charge in [-0.3, -0.25) is 0 Å². The van der Waals surface area contributed by atoms with Crippen molar-refractivity contribution in [1.82, 2.24) is 0 Å². The molecule has 0 radical (unpaired) electrons. The Morgan fingerprint density at radius 2 is 1.88 bits per heavy atom. The minimum atomic E-state index is -0.434. The Labute approximate surface area is 108 Å². The van der Waals surface area contributed by atoms with Crippen LogP contribution >= 0.6 is 23.4 Å². The zero-order valence-electron chi connectivity index (χ0n) is 8.79. The molecule has 0 nitrogen and oxygen atoms in total. The van der Waals surface area contributed by atoms with Crippen LogP contribution in [0.1, 0.15) is 5.56 Å². The molecule has 0 aromatic heterocycles. The van der Waals surface area contributed by atoms with E-state index in [1.807, 2.05) is 6.07 Å². The molecule has 4 heteroatoms. The van der Waals surface area contributed by atoms with Gasteiger partial charge in [0.05, 0.1) is 5.02 Å². The van der Waals surface area contributed by atoms with Gasteiger partial charge in [-0.05, 0) is 35.9 Å². The lowest BCUT2D eigenvalue weighted by Crippen LogP contribution is -1.83. The molecule has 0 saturated heterocycles. The lowest BCUT2D eigenvalue weighted by Gasteiger charge is -2.03. The summed E-state index contributed by atoms with van der Waals surface area (Å²) in [4.78, 5) is 0.774. The quantitative estimate of drug-likeness (QED) is 0.714. The standard InChI is InChI=1S/C13H9ClF2S/c14-12-5-4-11(7-13(12)16)17-8-9-2-1-3-10(15)6-9/h1-7H,8H2. The highest BCUT2D eigenvalue weighted by Gasteiger charge is 2.02. The molecule has 0 saturated carbocycles. The summed E-state index contributed by atoms with van der Waals surface area (Å²) in [6.45, 7) is 0. The van der Waals surface area contributed by atoms with E-state index in [2.05, 4.69) is 0 Å². The van der Waals surface area contributed by atoms with Crippen LogP contribution in [0.2, 0.25) is 5.02 Å². The molecule has 17 heavy (non-hydrogen) atoms. The van der Waals surface area contributed by atoms with E-state index in [9.17, 15) is 8.78 Å². The van der Waals surface area contributed by atoms with Crippen LogP contribution < -0.4 is 0 Å². The van der Waals surface area contributed by atoms with Gasteiger partial charge in [-0.25, -0.2) is 8.78 Å². The SMILES string of the molecule is Fc1cccc(CSc2ccc(Cl)c(F)c2)c1. The van der Waals surface area contributed by atoms with Gasteiger partial charge in [0, 0.05) is 10.6 Å². The third-order valence-electron chi connectivity index (χ3n) is 2.19. The van der Waals surface area contributed by atoms with Crippen molar-refractivity contribution in [1.29, 1.82) is 0 Å². The lowest BCUT2D eigenvalue weighted by molar-refractivity contribution is 0.624. The molecule has 88 valence electrons. The highest BCUT2D eigenvalue weighted by atomic mass is 35.5. The topological polar surface area (TPSA) is 0 Å². The molecule has 2 aromatic carbocycles. The molecule has 2 aromatic rings. The first-order valence-electron chi connectivity index (χ1n) is 4.97. The second-order valence-corrected chi connectivity index (χ2v) is 4.95. The van der Waals surface area contributed by atoms with Crippen molar-refractivity contribution in [2.75, 3.05) is 0 Å². The van der Waals surface area contributed by atoms with Crippen LogP contribution in [-0.2, 0) is 5.75 Å². The first-order chi connectivity index (χ1) is 8.15. The maximum Gasteiger partial charge on any atom is 0.142 e. The van der Waals surface area contributed by atoms with Crippen molar-refractivity contribution in [3.63, 3.8) is 0 Å². The van der Waals surface area contributed by atoms with Gasteiger partial charge in [-0.2, -0.15) is 0 Å². The monoisotopic (exact) mass is 270 g/mol. The van der Waals surface area contributed by atoms with Gasteiger partial charge in [-0.15, -0.1) is 11.8 Å². The van der Waals surface area contributed by atoms with Crippen LogP contribution in [0, 0.1) is 11.6 Å². The third-order valence-corrected chi connectivity index (χ3v) is 3.56. The number of thioether (sulfide) groups is 1. The van der Waals surface area contributed by atoms with Crippen LogP contribution in [0.4, 0.5) is 8.78 Å². The Bertz CT molecular complexity index is 529. The Balaban J connectivity index is 2.05. The Morgan fingerprint density at radius 1 is 1.06 bits per heavy atom. The first kappa shape index (κ1) is 12.4. The van der Waals surface area contributed by atoms with Crippen molar-refractivity contribution < 1.29 is 8.78 Å². The number of rotatable bonds is 3. The minimum absolute atomic E-state index is 0.111. The van der Waals surface area contributed by atoms with Gasteiger partial charge in [0.15, 0.2) is 0 Å². The molecule has 0 aliphatic carbocycles. The second kappa shape index (κ2) is 5.52. The van der Waals surface area contributed by atoms with Crippen LogP contribution in [0.15, 0.2) is 47.4 Å². The van der Waals surface area contributed by atoms with E-state index in [0.717, 1.165) is 10.5 Å². The molecule has 0 aliphatic rings. The molecule has 0 spiro atoms. The van der Waals surface area contributed by atoms with Gasteiger partial charge in [-0.1, -0.05) is 23.7 Å². The van der Waals surface area contributed by atoms with E-state index in [-0.39, 0.29) is 10.8 Å². The highest BCUT2D eigenvalue weighted by Crippen LogP contribution is 2.26. The Kier molecular flexibility index (Phi) is 4.02. The minimum Gasteiger partial charge on any atom is -0.207 e. The van der Waals surface area contributed by atoms with Crippen molar-refractivity contribution in [2.45, 2.75) is 10.6 Å². The molecular formula is C13H9ClF2S. The second-order valence-electron chi connectivity index (χ2n) is 3.49. The predicted molar refractivity (Wildman–Crippen MR) is 67.4 cm³/mol. The van der Waals surface area contributed by atoms with E-state index < -0.39 is 5.82 Å². The number of benzene rings is 2. The van der Waals surface area contributed by atoms with Crippen LogP contribution in [0.5, 0.6) is 0 Å². The molecular weight excluding hydrogens is 262 g/mol. The van der Waals surface area contributed by atoms with E-state index in [1.165, 1.54) is 36.0 Å². The largest absolute Gasteiger partial charge is 0.207 e. The van der Waals surface area contributed by atoms with E-state index in [4.69, 9.17) is 11.6 Å². The molecule has 0 amide bonds. The van der Waals surface area contributed by atoms with Gasteiger partial charge >= 0.3 is 0 Å². The van der Waals surface area contributed by atoms with Crippen molar-refractivity contribution in [3.05, 3.63) is 64.7 Å². The average molecular weight is 271 g/mol. The summed E-state index contributed by atoms with van der Waals surface area (Å²) in [6.07, 6.45) is 0. The van der Waals surface area contributed by atoms with E-state index in [0.29, 0.717) is 5.75 Å². The summed E-state index contributed by atoms with van der Waals surface area (Å²) in [5.41, 5.74) is 0.866. The summed E-state index contributed by atoms with van der Waals surface area (Å²) in [7, 11) is 0. The number of halogens is 3. The first-order valence-corrected chi connectivity index (χ1v) is 6.34. The van der Waals surface area contributed by atoms with Crippen molar-refractivity contribution in [3.8, 4) is 0 Å². The summed E-state index contributed by atoms with van der Waals surface area (Å²) in [6, 6.07) is 11.0. The number of hydrogen-bond donors (Lipinski definition) is 0. The van der Waals surface area contributed by atoms with Crippen molar-refractivity contribution >= 4 is 23.4 Å². The van der Waals surface area contributed by atoms with Crippen molar-refractivity contribution in [2.24, 2.45) is 0 Å². The van der Waals surface area contributed by atoms with E-state index >= 15 is 0 Å². The fourth-order valence-corrected chi connectivity index (χ4v) is 2.34. The molecule has 0 aliphatic heterocycles. The summed E-state index contributed by atoms with van der Waals surface area (Å²) in [5.74, 6) is -0.0972. The maximum atomic E-state index is 13.2. The molecule has 0 bridgehead atoms. The van der Waals surface area contributed by atoms with Gasteiger partial charge in [0.2, 0.25) is 0 Å². The summed E-state index contributed by atoms with van der Waals surface area (Å²) < 4.78 is 26.1. The zero-order valence-corrected chi connectivity index (χ0v) is 10.4. The molecule has 0 fully saturated rings. The predicted octanol–water partition coefficient (Wildman–Crippen LogP) is 4.91. The zero-order chi connectivity index (χ0) is 12.3. The molecule has 0 unspecified atom stereocenters. The summed E-state index contributed by atoms with van der Waals surface area (Å²) in [5, 5.41) is 0.111. The molecule has 2 rings (SSSR count). The fourth-order valence-electron chi connectivity index (χ4n) is 1.36. The highest BCUT2D eigenvalue weighted by molar-refractivity contribution is 7.98. The van der Waals surface area contributed by atoms with Crippen LogP contribution in [-0.4, -0.2) is 0 Å². The smallest absolute Gasteiger partial charge is 0.142 e. The third kappa shape index (κ3) is 3.45. The lowest BCUT2D eigenvalue weighted by atomic mass is 10.2. The molecule has 0 heterocycles. The van der Waals surface area contributed by atoms with E-state index in [1.54, 1.807) is 12.1 Å². The number of hydrogen-bond acceptors (Lipinski definition) is 1. The van der Waals surface area contributed by atoms with Crippen LogP contribution in [0.25, 0.3) is 0 Å². The Morgan fingerprint density at radius 3 is 2.59 bits per heavy atom.